The number of azo groups is 1. The largest absolute Gasteiger partial charge is 0.371 e. The zero-order chi connectivity index (χ0) is 16.9. The van der Waals surface area contributed by atoms with Gasteiger partial charge in [-0.25, -0.2) is 0 Å². The first-order valence-corrected chi connectivity index (χ1v) is 8.45. The van der Waals surface area contributed by atoms with Gasteiger partial charge in [0.15, 0.2) is 0 Å². The molecule has 0 saturated carbocycles. The van der Waals surface area contributed by atoms with Gasteiger partial charge in [-0.1, -0.05) is 13.8 Å². The van der Waals surface area contributed by atoms with E-state index in [-0.39, 0.29) is 0 Å². The van der Waals surface area contributed by atoms with E-state index in [9.17, 15) is 0 Å². The average Bonchev–Trinajstić information content (AvgIpc) is 2.60. The maximum absolute atomic E-state index is 8.82. The van der Waals surface area contributed by atoms with Crippen molar-refractivity contribution in [2.24, 2.45) is 16.1 Å². The van der Waals surface area contributed by atoms with Crippen molar-refractivity contribution in [1.29, 1.82) is 5.26 Å². The van der Waals surface area contributed by atoms with E-state index in [4.69, 9.17) is 5.26 Å². The third kappa shape index (κ3) is 3.80. The second-order valence-electron chi connectivity index (χ2n) is 6.62. The molecule has 1 heterocycles. The van der Waals surface area contributed by atoms with E-state index in [1.54, 1.807) is 12.1 Å². The van der Waals surface area contributed by atoms with Crippen molar-refractivity contribution < 1.29 is 0 Å². The Labute approximate surface area is 143 Å². The van der Waals surface area contributed by atoms with Gasteiger partial charge in [0.25, 0.3) is 0 Å². The van der Waals surface area contributed by atoms with Gasteiger partial charge in [0.2, 0.25) is 0 Å². The molecule has 2 aromatic rings. The highest BCUT2D eigenvalue weighted by molar-refractivity contribution is 5.61. The quantitative estimate of drug-likeness (QED) is 0.710. The predicted molar refractivity (Wildman–Crippen MR) is 97.1 cm³/mol. The lowest BCUT2D eigenvalue weighted by atomic mass is 10.00. The molecule has 4 heteroatoms. The summed E-state index contributed by atoms with van der Waals surface area (Å²) in [5.74, 6) is 0.659. The topological polar surface area (TPSA) is 51.8 Å². The second kappa shape index (κ2) is 7.27. The highest BCUT2D eigenvalue weighted by Crippen LogP contribution is 2.31. The molecule has 3 rings (SSSR count). The van der Waals surface area contributed by atoms with Gasteiger partial charge in [0.1, 0.15) is 0 Å². The first-order chi connectivity index (χ1) is 11.7. The molecule has 0 unspecified atom stereocenters. The van der Waals surface area contributed by atoms with Crippen molar-refractivity contribution in [3.8, 4) is 6.07 Å². The summed E-state index contributed by atoms with van der Waals surface area (Å²) >= 11 is 0. The molecule has 4 nitrogen and oxygen atoms in total. The Kier molecular flexibility index (Phi) is 4.90. The van der Waals surface area contributed by atoms with Crippen molar-refractivity contribution >= 4 is 17.1 Å². The Morgan fingerprint density at radius 2 is 1.79 bits per heavy atom. The summed E-state index contributed by atoms with van der Waals surface area (Å²) in [4.78, 5) is 2.48. The molecule has 2 aromatic carbocycles. The number of aryl methyl sites for hydroxylation is 1. The van der Waals surface area contributed by atoms with Gasteiger partial charge in [0.05, 0.1) is 23.0 Å². The van der Waals surface area contributed by atoms with Gasteiger partial charge in [-0.05, 0) is 66.8 Å². The van der Waals surface area contributed by atoms with E-state index < -0.39 is 0 Å². The van der Waals surface area contributed by atoms with Crippen LogP contribution in [0.25, 0.3) is 0 Å². The number of fused-ring (bicyclic) bond motifs is 1. The normalized spacial score (nSPS) is 14.0. The summed E-state index contributed by atoms with van der Waals surface area (Å²) in [5.41, 5.74) is 4.97. The zero-order valence-electron chi connectivity index (χ0n) is 14.2. The number of nitriles is 1. The number of benzene rings is 2. The number of hydrogen-bond acceptors (Lipinski definition) is 4. The summed E-state index contributed by atoms with van der Waals surface area (Å²) in [7, 11) is 0. The first-order valence-electron chi connectivity index (χ1n) is 8.45. The monoisotopic (exact) mass is 318 g/mol. The highest BCUT2D eigenvalue weighted by Gasteiger charge is 2.17. The molecular formula is C20H22N4. The fourth-order valence-electron chi connectivity index (χ4n) is 3.07. The Bertz CT molecular complexity index is 769. The molecule has 122 valence electrons. The van der Waals surface area contributed by atoms with Crippen molar-refractivity contribution in [3.05, 3.63) is 53.6 Å². The number of anilines is 1. The maximum atomic E-state index is 8.82. The van der Waals surface area contributed by atoms with Crippen LogP contribution in [-0.4, -0.2) is 13.1 Å². The minimum absolute atomic E-state index is 0.632. The van der Waals surface area contributed by atoms with Gasteiger partial charge < -0.3 is 4.90 Å². The SMILES string of the molecule is CC(C)CN1CCCc2cc(N=Nc3ccc(C#N)cc3)ccc21. The van der Waals surface area contributed by atoms with Gasteiger partial charge in [-0.2, -0.15) is 15.5 Å². The smallest absolute Gasteiger partial charge is 0.0991 e. The number of nitrogens with zero attached hydrogens (tertiary/aromatic N) is 4. The minimum atomic E-state index is 0.632. The van der Waals surface area contributed by atoms with Crippen LogP contribution in [0.1, 0.15) is 31.4 Å². The average molecular weight is 318 g/mol. The van der Waals surface area contributed by atoms with E-state index in [0.717, 1.165) is 30.9 Å². The van der Waals surface area contributed by atoms with Crippen LogP contribution < -0.4 is 4.90 Å². The Balaban J connectivity index is 1.78. The lowest BCUT2D eigenvalue weighted by molar-refractivity contribution is 0.585. The van der Waals surface area contributed by atoms with Crippen LogP contribution in [0.5, 0.6) is 0 Å². The molecule has 0 amide bonds. The molecule has 24 heavy (non-hydrogen) atoms. The van der Waals surface area contributed by atoms with Crippen LogP contribution in [-0.2, 0) is 6.42 Å². The third-order valence-corrected chi connectivity index (χ3v) is 4.14. The van der Waals surface area contributed by atoms with Crippen LogP contribution in [0.3, 0.4) is 0 Å². The summed E-state index contributed by atoms with van der Waals surface area (Å²) < 4.78 is 0. The maximum Gasteiger partial charge on any atom is 0.0991 e. The molecule has 0 N–H and O–H groups in total. The van der Waals surface area contributed by atoms with Crippen LogP contribution in [0.2, 0.25) is 0 Å². The number of hydrogen-bond donors (Lipinski definition) is 0. The van der Waals surface area contributed by atoms with E-state index in [1.165, 1.54) is 17.7 Å². The van der Waals surface area contributed by atoms with Crippen LogP contribution >= 0.6 is 0 Å². The molecule has 0 aliphatic carbocycles. The predicted octanol–water partition coefficient (Wildman–Crippen LogP) is 5.38. The molecule has 0 fully saturated rings. The molecule has 1 aliphatic rings. The third-order valence-electron chi connectivity index (χ3n) is 4.14. The van der Waals surface area contributed by atoms with Gasteiger partial charge in [0, 0.05) is 18.8 Å². The van der Waals surface area contributed by atoms with E-state index in [2.05, 4.69) is 47.2 Å². The van der Waals surface area contributed by atoms with Crippen molar-refractivity contribution in [2.75, 3.05) is 18.0 Å². The second-order valence-corrected chi connectivity index (χ2v) is 6.62. The van der Waals surface area contributed by atoms with E-state index >= 15 is 0 Å². The highest BCUT2D eigenvalue weighted by atomic mass is 15.1. The minimum Gasteiger partial charge on any atom is -0.371 e. The summed E-state index contributed by atoms with van der Waals surface area (Å²) in [6.07, 6.45) is 2.29. The molecule has 0 radical (unpaired) electrons. The Morgan fingerprint density at radius 3 is 2.50 bits per heavy atom. The summed E-state index contributed by atoms with van der Waals surface area (Å²) in [6, 6.07) is 15.6. The summed E-state index contributed by atoms with van der Waals surface area (Å²) in [5, 5.41) is 17.4. The van der Waals surface area contributed by atoms with Crippen molar-refractivity contribution in [1.82, 2.24) is 0 Å². The standard InChI is InChI=1S/C20H22N4/c1-15(2)14-24-11-3-4-17-12-19(9-10-20(17)24)23-22-18-7-5-16(13-21)6-8-18/h5-10,12,15H,3-4,11,14H2,1-2H3. The van der Waals surface area contributed by atoms with Crippen LogP contribution in [0, 0.1) is 17.2 Å². The van der Waals surface area contributed by atoms with Gasteiger partial charge >= 0.3 is 0 Å². The van der Waals surface area contributed by atoms with Crippen LogP contribution in [0.4, 0.5) is 17.1 Å². The zero-order valence-corrected chi connectivity index (χ0v) is 14.2. The molecule has 0 spiro atoms. The lowest BCUT2D eigenvalue weighted by Gasteiger charge is -2.32. The van der Waals surface area contributed by atoms with Crippen molar-refractivity contribution in [2.45, 2.75) is 26.7 Å². The van der Waals surface area contributed by atoms with Crippen molar-refractivity contribution in [3.63, 3.8) is 0 Å². The first kappa shape index (κ1) is 16.2. The Hall–Kier alpha value is -2.67. The van der Waals surface area contributed by atoms with Gasteiger partial charge in [-0.15, -0.1) is 0 Å². The molecule has 0 atom stereocenters. The molecule has 0 bridgehead atoms. The van der Waals surface area contributed by atoms with E-state index in [0.29, 0.717) is 11.5 Å². The fourth-order valence-corrected chi connectivity index (χ4v) is 3.07. The van der Waals surface area contributed by atoms with Crippen LogP contribution in [0.15, 0.2) is 52.7 Å². The molecular weight excluding hydrogens is 296 g/mol. The fraction of sp³-hybridized carbons (Fsp3) is 0.350. The molecule has 1 aliphatic heterocycles. The van der Waals surface area contributed by atoms with E-state index in [1.807, 2.05) is 18.2 Å². The summed E-state index contributed by atoms with van der Waals surface area (Å²) in [6.45, 7) is 6.75. The molecule has 0 saturated heterocycles. The Morgan fingerprint density at radius 1 is 1.08 bits per heavy atom. The number of rotatable bonds is 4. The lowest BCUT2D eigenvalue weighted by Crippen LogP contribution is -2.32. The molecule has 0 aromatic heterocycles. The van der Waals surface area contributed by atoms with Gasteiger partial charge in [-0.3, -0.25) is 0 Å².